The number of carboxylic acid groups (broad SMARTS) is 1. The van der Waals surface area contributed by atoms with Crippen LogP contribution in [0.5, 0.6) is 0 Å². The highest BCUT2D eigenvalue weighted by atomic mass is 35.5. The Morgan fingerprint density at radius 3 is 2.74 bits per heavy atom. The lowest BCUT2D eigenvalue weighted by molar-refractivity contribution is 0.0691. The normalized spacial score (nSPS) is 17.5. The van der Waals surface area contributed by atoms with E-state index in [1.54, 1.807) is 18.2 Å². The predicted octanol–water partition coefficient (Wildman–Crippen LogP) is 4.31. The van der Waals surface area contributed by atoms with E-state index in [1.807, 2.05) is 4.90 Å². The molecule has 0 aliphatic carbocycles. The molecule has 1 saturated heterocycles. The molecule has 0 bridgehead atoms. The van der Waals surface area contributed by atoms with Crippen LogP contribution in [0.15, 0.2) is 36.4 Å². The zero-order chi connectivity index (χ0) is 16.6. The first kappa shape index (κ1) is 15.7. The van der Waals surface area contributed by atoms with E-state index in [1.165, 1.54) is 18.2 Å². The number of nitrogens with zero attached hydrogens (tertiary/aromatic N) is 1. The molecule has 3 rings (SSSR count). The highest BCUT2D eigenvalue weighted by Crippen LogP contribution is 2.34. The lowest BCUT2D eigenvalue weighted by Crippen LogP contribution is -2.19. The lowest BCUT2D eigenvalue weighted by Gasteiger charge is -2.19. The smallest absolute Gasteiger partial charge is 0.338 e. The molecule has 2 aromatic rings. The van der Waals surface area contributed by atoms with Gasteiger partial charge in [0, 0.05) is 29.7 Å². The Hall–Kier alpha value is -2.14. The molecule has 1 aliphatic heterocycles. The van der Waals surface area contributed by atoms with Crippen molar-refractivity contribution in [1.29, 1.82) is 0 Å². The first-order valence-electron chi connectivity index (χ1n) is 7.18. The van der Waals surface area contributed by atoms with Gasteiger partial charge in [-0.2, -0.15) is 0 Å². The number of carboxylic acids is 1. The summed E-state index contributed by atoms with van der Waals surface area (Å²) in [6, 6.07) is 8.68. The number of hydrogen-bond acceptors (Lipinski definition) is 2. The first-order chi connectivity index (χ1) is 11.0. The molecule has 1 atom stereocenters. The van der Waals surface area contributed by atoms with Crippen LogP contribution in [0.3, 0.4) is 0 Å². The molecule has 1 N–H and O–H groups in total. The van der Waals surface area contributed by atoms with Gasteiger partial charge in [0.25, 0.3) is 0 Å². The van der Waals surface area contributed by atoms with Crippen LogP contribution in [0, 0.1) is 11.6 Å². The maximum Gasteiger partial charge on any atom is 0.338 e. The van der Waals surface area contributed by atoms with E-state index in [9.17, 15) is 13.6 Å². The second kappa shape index (κ2) is 6.16. The maximum absolute atomic E-state index is 14.4. The fraction of sp³-hybridized carbons (Fsp3) is 0.235. The Morgan fingerprint density at radius 2 is 2.04 bits per heavy atom. The Kier molecular flexibility index (Phi) is 4.22. The molecule has 0 spiro atoms. The molecular formula is C17H14ClF2NO2. The van der Waals surface area contributed by atoms with Gasteiger partial charge >= 0.3 is 5.97 Å². The van der Waals surface area contributed by atoms with Crippen molar-refractivity contribution < 1.29 is 18.7 Å². The predicted molar refractivity (Wildman–Crippen MR) is 84.3 cm³/mol. The Labute approximate surface area is 137 Å². The minimum Gasteiger partial charge on any atom is -0.478 e. The highest BCUT2D eigenvalue weighted by molar-refractivity contribution is 6.30. The van der Waals surface area contributed by atoms with Gasteiger partial charge in [0.2, 0.25) is 0 Å². The van der Waals surface area contributed by atoms with Gasteiger partial charge in [-0.1, -0.05) is 23.7 Å². The second-order valence-electron chi connectivity index (χ2n) is 5.57. The molecule has 23 heavy (non-hydrogen) atoms. The van der Waals surface area contributed by atoms with E-state index >= 15 is 0 Å². The van der Waals surface area contributed by atoms with Gasteiger partial charge in [0.15, 0.2) is 0 Å². The van der Waals surface area contributed by atoms with E-state index in [0.717, 1.165) is 0 Å². The number of rotatable bonds is 3. The number of anilines is 1. The summed E-state index contributed by atoms with van der Waals surface area (Å²) in [5.74, 6) is -2.54. The van der Waals surface area contributed by atoms with E-state index in [0.29, 0.717) is 35.8 Å². The standard InChI is InChI=1S/C17H14ClF2NO2/c18-11-6-12(19)8-13(7-11)21-5-4-10(9-21)14-2-1-3-15(16(14)20)17(22)23/h1-3,6-8,10H,4-5,9H2,(H,22,23). The second-order valence-corrected chi connectivity index (χ2v) is 6.01. The summed E-state index contributed by atoms with van der Waals surface area (Å²) >= 11 is 5.87. The van der Waals surface area contributed by atoms with Crippen molar-refractivity contribution in [1.82, 2.24) is 0 Å². The molecule has 6 heteroatoms. The molecule has 3 nitrogen and oxygen atoms in total. The van der Waals surface area contributed by atoms with Gasteiger partial charge in [-0.3, -0.25) is 0 Å². The lowest BCUT2D eigenvalue weighted by atomic mass is 9.96. The Bertz CT molecular complexity index is 746. The number of aromatic carboxylic acids is 1. The van der Waals surface area contributed by atoms with Crippen LogP contribution in [0.4, 0.5) is 14.5 Å². The van der Waals surface area contributed by atoms with Crippen LogP contribution >= 0.6 is 11.6 Å². The number of benzene rings is 2. The van der Waals surface area contributed by atoms with Crippen LogP contribution in [0.2, 0.25) is 5.02 Å². The van der Waals surface area contributed by atoms with Crippen LogP contribution in [0.25, 0.3) is 0 Å². The third-order valence-corrected chi connectivity index (χ3v) is 4.32. The quantitative estimate of drug-likeness (QED) is 0.907. The monoisotopic (exact) mass is 337 g/mol. The SMILES string of the molecule is O=C(O)c1cccc(C2CCN(c3cc(F)cc(Cl)c3)C2)c1F. The summed E-state index contributed by atoms with van der Waals surface area (Å²) in [5.41, 5.74) is 0.706. The first-order valence-corrected chi connectivity index (χ1v) is 7.56. The van der Waals surface area contributed by atoms with E-state index < -0.39 is 17.6 Å². The van der Waals surface area contributed by atoms with E-state index in [2.05, 4.69) is 0 Å². The van der Waals surface area contributed by atoms with Crippen LogP contribution in [-0.4, -0.2) is 24.2 Å². The van der Waals surface area contributed by atoms with Crippen molar-refractivity contribution in [3.05, 3.63) is 64.2 Å². The van der Waals surface area contributed by atoms with Crippen LogP contribution in [-0.2, 0) is 0 Å². The number of hydrogen-bond donors (Lipinski definition) is 1. The number of halogens is 3. The van der Waals surface area contributed by atoms with Gasteiger partial charge in [-0.15, -0.1) is 0 Å². The minimum absolute atomic E-state index is 0.142. The molecule has 0 radical (unpaired) electrons. The van der Waals surface area contributed by atoms with Gasteiger partial charge in [-0.25, -0.2) is 13.6 Å². The van der Waals surface area contributed by atoms with E-state index in [-0.39, 0.29) is 11.5 Å². The average Bonchev–Trinajstić information content (AvgIpc) is 2.95. The Balaban J connectivity index is 1.85. The summed E-state index contributed by atoms with van der Waals surface area (Å²) in [6.45, 7) is 1.11. The van der Waals surface area contributed by atoms with Crippen molar-refractivity contribution in [3.8, 4) is 0 Å². The van der Waals surface area contributed by atoms with Crippen LogP contribution < -0.4 is 4.90 Å². The molecule has 2 aromatic carbocycles. The van der Waals surface area contributed by atoms with Gasteiger partial charge in [-0.05, 0) is 36.2 Å². The zero-order valence-electron chi connectivity index (χ0n) is 12.1. The molecule has 1 fully saturated rings. The fourth-order valence-corrected chi connectivity index (χ4v) is 3.22. The van der Waals surface area contributed by atoms with Gasteiger partial charge in [0.05, 0.1) is 5.56 Å². The largest absolute Gasteiger partial charge is 0.478 e. The molecule has 1 heterocycles. The summed E-state index contributed by atoms with van der Waals surface area (Å²) < 4.78 is 27.8. The summed E-state index contributed by atoms with van der Waals surface area (Å²) in [7, 11) is 0. The Morgan fingerprint density at radius 1 is 1.26 bits per heavy atom. The van der Waals surface area contributed by atoms with Crippen LogP contribution in [0.1, 0.15) is 28.3 Å². The van der Waals surface area contributed by atoms with Gasteiger partial charge < -0.3 is 10.0 Å². The third-order valence-electron chi connectivity index (χ3n) is 4.10. The summed E-state index contributed by atoms with van der Waals surface area (Å²) in [5, 5.41) is 9.33. The molecule has 120 valence electrons. The highest BCUT2D eigenvalue weighted by Gasteiger charge is 2.28. The topological polar surface area (TPSA) is 40.5 Å². The minimum atomic E-state index is -1.28. The molecule has 0 saturated carbocycles. The summed E-state index contributed by atoms with van der Waals surface area (Å²) in [4.78, 5) is 13.0. The van der Waals surface area contributed by atoms with Crippen molar-refractivity contribution in [2.24, 2.45) is 0 Å². The van der Waals surface area contributed by atoms with Crippen molar-refractivity contribution in [3.63, 3.8) is 0 Å². The molecular weight excluding hydrogens is 324 g/mol. The molecule has 0 aromatic heterocycles. The van der Waals surface area contributed by atoms with Crippen molar-refractivity contribution >= 4 is 23.3 Å². The average molecular weight is 338 g/mol. The van der Waals surface area contributed by atoms with Gasteiger partial charge in [0.1, 0.15) is 11.6 Å². The zero-order valence-corrected chi connectivity index (χ0v) is 12.9. The van der Waals surface area contributed by atoms with E-state index in [4.69, 9.17) is 16.7 Å². The summed E-state index contributed by atoms with van der Waals surface area (Å²) in [6.07, 6.45) is 0.661. The van der Waals surface area contributed by atoms with Crippen molar-refractivity contribution in [2.45, 2.75) is 12.3 Å². The fourth-order valence-electron chi connectivity index (χ4n) is 3.00. The molecule has 1 unspecified atom stereocenters. The third kappa shape index (κ3) is 3.15. The maximum atomic E-state index is 14.4. The molecule has 1 aliphatic rings. The molecule has 0 amide bonds. The number of carbonyl (C=O) groups is 1. The van der Waals surface area contributed by atoms with Crippen molar-refractivity contribution in [2.75, 3.05) is 18.0 Å².